The number of aromatic nitrogens is 1. The predicted octanol–water partition coefficient (Wildman–Crippen LogP) is 6.62. The smallest absolute Gasteiger partial charge is 0.323 e. The number of benzene rings is 3. The van der Waals surface area contributed by atoms with E-state index in [2.05, 4.69) is 41.8 Å². The average Bonchev–Trinajstić information content (AvgIpc) is 3.12. The van der Waals surface area contributed by atoms with Crippen LogP contribution in [0.25, 0.3) is 10.9 Å². The van der Waals surface area contributed by atoms with Crippen molar-refractivity contribution in [2.75, 3.05) is 17.2 Å². The maximum absolute atomic E-state index is 12.1. The molecule has 9 nitrogen and oxygen atoms in total. The summed E-state index contributed by atoms with van der Waals surface area (Å²) in [5.74, 6) is -0.409. The molecule has 0 spiro atoms. The number of H-pyrrole nitrogens is 1. The number of hydrogen-bond donors (Lipinski definition) is 4. The first-order valence-electron chi connectivity index (χ1n) is 9.88. The summed E-state index contributed by atoms with van der Waals surface area (Å²) in [6.45, 7) is -0.347. The Balaban J connectivity index is 1.29. The zero-order valence-electron chi connectivity index (χ0n) is 17.4. The van der Waals surface area contributed by atoms with Crippen molar-refractivity contribution in [1.29, 1.82) is 0 Å². The van der Waals surface area contributed by atoms with E-state index >= 15 is 0 Å². The van der Waals surface area contributed by atoms with Crippen LogP contribution in [0.3, 0.4) is 0 Å². The molecule has 4 rings (SSSR count). The number of azo groups is 1. The molecule has 0 aliphatic heterocycles. The van der Waals surface area contributed by atoms with Gasteiger partial charge >= 0.3 is 11.9 Å². The molecule has 11 heteroatoms. The van der Waals surface area contributed by atoms with Crippen LogP contribution in [-0.4, -0.2) is 28.6 Å². The van der Waals surface area contributed by atoms with Crippen LogP contribution in [0.1, 0.15) is 0 Å². The second-order valence-electron chi connectivity index (χ2n) is 7.00. The lowest BCUT2D eigenvalue weighted by Gasteiger charge is -2.09. The number of fused-ring (bicyclic) bond motifs is 1. The minimum absolute atomic E-state index is 0.164. The number of ether oxygens (including phenoxy) is 1. The minimum Gasteiger partial charge on any atom is -0.493 e. The van der Waals surface area contributed by atoms with Gasteiger partial charge in [0.1, 0.15) is 5.75 Å². The Kier molecular flexibility index (Phi) is 7.09. The van der Waals surface area contributed by atoms with Crippen molar-refractivity contribution in [2.45, 2.75) is 0 Å². The molecule has 0 fully saturated rings. The summed E-state index contributed by atoms with van der Waals surface area (Å²) in [6.07, 6.45) is 0. The van der Waals surface area contributed by atoms with E-state index < -0.39 is 11.9 Å². The summed E-state index contributed by atoms with van der Waals surface area (Å²) < 4.78 is 6.22. The molecular formula is C23H17BrClN5O4. The van der Waals surface area contributed by atoms with Gasteiger partial charge in [-0.3, -0.25) is 4.79 Å². The fourth-order valence-corrected chi connectivity index (χ4v) is 3.46. The third-order valence-electron chi connectivity index (χ3n) is 4.55. The molecule has 0 saturated heterocycles. The van der Waals surface area contributed by atoms with E-state index in [4.69, 9.17) is 16.3 Å². The van der Waals surface area contributed by atoms with Gasteiger partial charge in [-0.1, -0.05) is 27.5 Å². The van der Waals surface area contributed by atoms with Crippen LogP contribution in [0.2, 0.25) is 5.02 Å². The molecule has 172 valence electrons. The van der Waals surface area contributed by atoms with Crippen LogP contribution in [-0.2, 0) is 4.79 Å². The zero-order chi connectivity index (χ0) is 24.1. The molecule has 0 aliphatic rings. The SMILES string of the molecule is O=C(COc1ccc(NC(=O)Nc2ccc(Cl)cc2)cc1)N=Nc1c(O)[nH]c2ccc(Br)cc12. The number of amides is 3. The number of nitrogens with zero attached hydrogens (tertiary/aromatic N) is 2. The second kappa shape index (κ2) is 10.4. The molecule has 34 heavy (non-hydrogen) atoms. The van der Waals surface area contributed by atoms with Crippen LogP contribution >= 0.6 is 27.5 Å². The zero-order valence-corrected chi connectivity index (χ0v) is 19.7. The molecule has 0 atom stereocenters. The molecule has 0 bridgehead atoms. The highest BCUT2D eigenvalue weighted by Gasteiger charge is 2.12. The van der Waals surface area contributed by atoms with Crippen LogP contribution in [0.4, 0.5) is 21.9 Å². The highest BCUT2D eigenvalue weighted by molar-refractivity contribution is 9.10. The largest absolute Gasteiger partial charge is 0.493 e. The van der Waals surface area contributed by atoms with Gasteiger partial charge in [0.05, 0.1) is 5.52 Å². The molecule has 0 radical (unpaired) electrons. The number of rotatable bonds is 6. The molecule has 3 aromatic carbocycles. The Morgan fingerprint density at radius 3 is 2.32 bits per heavy atom. The van der Waals surface area contributed by atoms with Crippen molar-refractivity contribution >= 4 is 67.4 Å². The van der Waals surface area contributed by atoms with Gasteiger partial charge in [-0.25, -0.2) is 4.79 Å². The average molecular weight is 543 g/mol. The summed E-state index contributed by atoms with van der Waals surface area (Å²) in [6, 6.07) is 18.1. The lowest BCUT2D eigenvalue weighted by atomic mass is 10.2. The lowest BCUT2D eigenvalue weighted by Crippen LogP contribution is -2.19. The first kappa shape index (κ1) is 23.3. The highest BCUT2D eigenvalue weighted by atomic mass is 79.9. The molecule has 3 amide bonds. The molecule has 0 saturated carbocycles. The predicted molar refractivity (Wildman–Crippen MR) is 133 cm³/mol. The molecule has 0 aliphatic carbocycles. The maximum Gasteiger partial charge on any atom is 0.323 e. The van der Waals surface area contributed by atoms with Crippen LogP contribution in [0.5, 0.6) is 11.6 Å². The van der Waals surface area contributed by atoms with Gasteiger partial charge in [0.2, 0.25) is 5.88 Å². The number of halogens is 2. The Bertz CT molecular complexity index is 1370. The number of anilines is 2. The standard InChI is InChI=1S/C23H17BrClN5O4/c24-13-1-10-19-18(11-13)21(22(32)28-19)30-29-20(31)12-34-17-8-6-16(7-9-17)27-23(33)26-15-4-2-14(25)3-5-15/h1-11,28,32H,12H2,(H2,26,27,33). The number of hydrogen-bond acceptors (Lipinski definition) is 5. The number of carbonyl (C=O) groups is 2. The summed E-state index contributed by atoms with van der Waals surface area (Å²) >= 11 is 9.18. The van der Waals surface area contributed by atoms with Crippen molar-refractivity contribution in [3.63, 3.8) is 0 Å². The van der Waals surface area contributed by atoms with Crippen LogP contribution in [0.15, 0.2) is 81.4 Å². The van der Waals surface area contributed by atoms with E-state index in [9.17, 15) is 14.7 Å². The summed E-state index contributed by atoms with van der Waals surface area (Å²) in [5.41, 5.74) is 1.96. The monoisotopic (exact) mass is 541 g/mol. The van der Waals surface area contributed by atoms with Crippen molar-refractivity contribution < 1.29 is 19.4 Å². The van der Waals surface area contributed by atoms with Gasteiger partial charge in [0.15, 0.2) is 12.3 Å². The van der Waals surface area contributed by atoms with Gasteiger partial charge in [-0.2, -0.15) is 0 Å². The maximum atomic E-state index is 12.1. The molecule has 0 unspecified atom stereocenters. The van der Waals surface area contributed by atoms with Crippen molar-refractivity contribution in [1.82, 2.24) is 4.98 Å². The first-order chi connectivity index (χ1) is 16.4. The Hall–Kier alpha value is -3.89. The first-order valence-corrected chi connectivity index (χ1v) is 11.1. The van der Waals surface area contributed by atoms with Gasteiger partial charge in [-0.15, -0.1) is 10.2 Å². The normalized spacial score (nSPS) is 11.0. The van der Waals surface area contributed by atoms with Crippen molar-refractivity contribution in [3.05, 3.63) is 76.2 Å². The minimum atomic E-state index is -0.631. The number of nitrogens with one attached hydrogen (secondary N) is 3. The number of carbonyl (C=O) groups excluding carboxylic acids is 2. The van der Waals surface area contributed by atoms with Gasteiger partial charge in [-0.05, 0) is 66.7 Å². The Labute approximate surface area is 206 Å². The second-order valence-corrected chi connectivity index (χ2v) is 8.36. The summed E-state index contributed by atoms with van der Waals surface area (Å²) in [7, 11) is 0. The number of aromatic amines is 1. The molecule has 4 aromatic rings. The fraction of sp³-hybridized carbons (Fsp3) is 0.0435. The van der Waals surface area contributed by atoms with E-state index in [0.29, 0.717) is 33.0 Å². The van der Waals surface area contributed by atoms with Crippen molar-refractivity contribution in [2.24, 2.45) is 10.2 Å². The van der Waals surface area contributed by atoms with E-state index in [1.807, 2.05) is 6.07 Å². The van der Waals surface area contributed by atoms with Gasteiger partial charge < -0.3 is 25.5 Å². The van der Waals surface area contributed by atoms with Gasteiger partial charge in [0.25, 0.3) is 0 Å². The van der Waals surface area contributed by atoms with E-state index in [0.717, 1.165) is 4.47 Å². The molecule has 1 aromatic heterocycles. The third-order valence-corrected chi connectivity index (χ3v) is 5.30. The van der Waals surface area contributed by atoms with E-state index in [-0.39, 0.29) is 18.2 Å². The number of aromatic hydroxyl groups is 1. The number of urea groups is 1. The molecular weight excluding hydrogens is 526 g/mol. The quantitative estimate of drug-likeness (QED) is 0.204. The topological polar surface area (TPSA) is 128 Å². The Morgan fingerprint density at radius 2 is 1.65 bits per heavy atom. The summed E-state index contributed by atoms with van der Waals surface area (Å²) in [4.78, 5) is 26.9. The van der Waals surface area contributed by atoms with E-state index in [1.54, 1.807) is 60.7 Å². The molecule has 1 heterocycles. The van der Waals surface area contributed by atoms with Gasteiger partial charge in [0, 0.05) is 26.3 Å². The lowest BCUT2D eigenvalue weighted by molar-refractivity contribution is -0.120. The van der Waals surface area contributed by atoms with Crippen LogP contribution in [0, 0.1) is 0 Å². The molecule has 4 N–H and O–H groups in total. The van der Waals surface area contributed by atoms with Crippen LogP contribution < -0.4 is 15.4 Å². The van der Waals surface area contributed by atoms with E-state index in [1.165, 1.54) is 0 Å². The Morgan fingerprint density at radius 1 is 1.00 bits per heavy atom. The van der Waals surface area contributed by atoms with Crippen molar-refractivity contribution in [3.8, 4) is 11.6 Å². The third kappa shape index (κ3) is 5.91. The summed E-state index contributed by atoms with van der Waals surface area (Å²) in [5, 5.41) is 24.1. The highest BCUT2D eigenvalue weighted by Crippen LogP contribution is 2.36. The fourth-order valence-electron chi connectivity index (χ4n) is 2.98.